The lowest BCUT2D eigenvalue weighted by molar-refractivity contribution is 0.571. The second-order valence-electron chi connectivity index (χ2n) is 5.12. The quantitative estimate of drug-likeness (QED) is 0.682. The summed E-state index contributed by atoms with van der Waals surface area (Å²) in [6.07, 6.45) is 0.972. The van der Waals surface area contributed by atoms with Gasteiger partial charge in [0, 0.05) is 17.4 Å². The molecule has 118 valence electrons. The van der Waals surface area contributed by atoms with E-state index in [1.54, 1.807) is 18.2 Å². The van der Waals surface area contributed by atoms with Crippen LogP contribution in [-0.4, -0.2) is 14.7 Å². The van der Waals surface area contributed by atoms with Gasteiger partial charge in [0.15, 0.2) is 9.84 Å². The van der Waals surface area contributed by atoms with E-state index < -0.39 is 15.7 Å². The van der Waals surface area contributed by atoms with Crippen LogP contribution in [0.2, 0.25) is 0 Å². The molecule has 0 bridgehead atoms. The Bertz CT molecular complexity index is 959. The molecule has 0 unspecified atom stereocenters. The smallest absolute Gasteiger partial charge is 0.178 e. The summed E-state index contributed by atoms with van der Waals surface area (Å²) in [4.78, 5) is -0.320. The van der Waals surface area contributed by atoms with Gasteiger partial charge in [-0.3, -0.25) is 0 Å². The van der Waals surface area contributed by atoms with E-state index in [0.717, 1.165) is 22.9 Å². The number of rotatable bonds is 3. The topological polar surface area (TPSA) is 34.1 Å². The SMILES string of the molecule is CS(=O)(=O)c1ccc(-c2cscc2-c2ccc(F)cc2)cc1F. The Labute approximate surface area is 137 Å². The highest BCUT2D eigenvalue weighted by Crippen LogP contribution is 2.36. The van der Waals surface area contributed by atoms with Crippen molar-refractivity contribution in [2.75, 3.05) is 6.26 Å². The maximum Gasteiger partial charge on any atom is 0.178 e. The Morgan fingerprint density at radius 2 is 1.43 bits per heavy atom. The summed E-state index contributed by atoms with van der Waals surface area (Å²) in [5.74, 6) is -1.10. The minimum atomic E-state index is -3.60. The van der Waals surface area contributed by atoms with Crippen molar-refractivity contribution in [2.24, 2.45) is 0 Å². The number of halogens is 2. The average Bonchev–Trinajstić information content (AvgIpc) is 2.96. The molecule has 0 saturated carbocycles. The predicted molar refractivity (Wildman–Crippen MR) is 88.2 cm³/mol. The maximum absolute atomic E-state index is 14.1. The van der Waals surface area contributed by atoms with Crippen LogP contribution in [0.3, 0.4) is 0 Å². The standard InChI is InChI=1S/C17H12F2O2S2/c1-23(20,21)17-7-4-12(8-16(17)19)15-10-22-9-14(15)11-2-5-13(18)6-3-11/h2-10H,1H3. The predicted octanol–water partition coefficient (Wildman–Crippen LogP) is 4.76. The highest BCUT2D eigenvalue weighted by molar-refractivity contribution is 7.90. The summed E-state index contributed by atoms with van der Waals surface area (Å²) in [5.41, 5.74) is 3.02. The molecule has 0 aliphatic heterocycles. The number of benzene rings is 2. The minimum absolute atomic E-state index is 0.320. The van der Waals surface area contributed by atoms with Crippen LogP contribution in [0.5, 0.6) is 0 Å². The molecule has 6 heteroatoms. The molecule has 0 aliphatic carbocycles. The van der Waals surface area contributed by atoms with Crippen molar-refractivity contribution in [2.45, 2.75) is 4.90 Å². The summed E-state index contributed by atoms with van der Waals surface area (Å²) in [6.45, 7) is 0. The van der Waals surface area contributed by atoms with Crippen molar-refractivity contribution in [3.8, 4) is 22.3 Å². The zero-order valence-corrected chi connectivity index (χ0v) is 13.7. The molecule has 3 aromatic rings. The average molecular weight is 350 g/mol. The lowest BCUT2D eigenvalue weighted by Gasteiger charge is -2.07. The van der Waals surface area contributed by atoms with Gasteiger partial charge in [-0.15, -0.1) is 0 Å². The number of hydrogen-bond acceptors (Lipinski definition) is 3. The fourth-order valence-electron chi connectivity index (χ4n) is 2.34. The molecule has 0 amide bonds. The van der Waals surface area contributed by atoms with Crippen LogP contribution in [-0.2, 0) is 9.84 Å². The van der Waals surface area contributed by atoms with E-state index in [1.165, 1.54) is 35.6 Å². The molecule has 2 nitrogen and oxygen atoms in total. The first-order valence-electron chi connectivity index (χ1n) is 6.68. The van der Waals surface area contributed by atoms with E-state index in [1.807, 2.05) is 10.8 Å². The monoisotopic (exact) mass is 350 g/mol. The summed E-state index contributed by atoms with van der Waals surface area (Å²) >= 11 is 1.44. The highest BCUT2D eigenvalue weighted by Gasteiger charge is 2.16. The van der Waals surface area contributed by atoms with Crippen molar-refractivity contribution in [3.05, 3.63) is 64.9 Å². The third kappa shape index (κ3) is 3.18. The molecule has 0 saturated heterocycles. The van der Waals surface area contributed by atoms with E-state index in [0.29, 0.717) is 5.56 Å². The van der Waals surface area contributed by atoms with Gasteiger partial charge in [-0.25, -0.2) is 17.2 Å². The summed E-state index contributed by atoms with van der Waals surface area (Å²) in [5, 5.41) is 3.75. The van der Waals surface area contributed by atoms with Gasteiger partial charge in [0.05, 0.1) is 0 Å². The van der Waals surface area contributed by atoms with Crippen molar-refractivity contribution < 1.29 is 17.2 Å². The lowest BCUT2D eigenvalue weighted by Crippen LogP contribution is -2.00. The van der Waals surface area contributed by atoms with Crippen molar-refractivity contribution in [3.63, 3.8) is 0 Å². The fraction of sp³-hybridized carbons (Fsp3) is 0.0588. The third-order valence-electron chi connectivity index (χ3n) is 3.46. The van der Waals surface area contributed by atoms with Crippen LogP contribution in [0.25, 0.3) is 22.3 Å². The number of hydrogen-bond donors (Lipinski definition) is 0. The second kappa shape index (κ2) is 5.86. The third-order valence-corrected chi connectivity index (χ3v) is 5.33. The fourth-order valence-corrected chi connectivity index (χ4v) is 3.94. The van der Waals surface area contributed by atoms with Gasteiger partial charge in [-0.05, 0) is 46.2 Å². The number of thiophene rings is 1. The van der Waals surface area contributed by atoms with Gasteiger partial charge in [0.1, 0.15) is 16.5 Å². The normalized spacial score (nSPS) is 11.6. The van der Waals surface area contributed by atoms with E-state index in [9.17, 15) is 17.2 Å². The van der Waals surface area contributed by atoms with Crippen LogP contribution < -0.4 is 0 Å². The molecular formula is C17H12F2O2S2. The minimum Gasteiger partial charge on any atom is -0.224 e. The first-order valence-corrected chi connectivity index (χ1v) is 9.52. The molecule has 0 N–H and O–H groups in total. The molecule has 0 spiro atoms. The lowest BCUT2D eigenvalue weighted by atomic mass is 9.99. The van der Waals surface area contributed by atoms with E-state index in [4.69, 9.17) is 0 Å². The van der Waals surface area contributed by atoms with Gasteiger partial charge >= 0.3 is 0 Å². The van der Waals surface area contributed by atoms with Gasteiger partial charge < -0.3 is 0 Å². The van der Waals surface area contributed by atoms with Crippen molar-refractivity contribution >= 4 is 21.2 Å². The van der Waals surface area contributed by atoms with E-state index in [2.05, 4.69) is 0 Å². The zero-order valence-electron chi connectivity index (χ0n) is 12.1. The molecule has 1 aromatic heterocycles. The Morgan fingerprint density at radius 3 is 2.00 bits per heavy atom. The molecule has 3 rings (SSSR count). The van der Waals surface area contributed by atoms with Crippen LogP contribution in [0.15, 0.2) is 58.1 Å². The first-order chi connectivity index (χ1) is 10.9. The van der Waals surface area contributed by atoms with Crippen molar-refractivity contribution in [1.29, 1.82) is 0 Å². The first kappa shape index (κ1) is 15.8. The molecule has 23 heavy (non-hydrogen) atoms. The van der Waals surface area contributed by atoms with Crippen LogP contribution in [0.1, 0.15) is 0 Å². The molecule has 2 aromatic carbocycles. The summed E-state index contributed by atoms with van der Waals surface area (Å²) in [7, 11) is -3.60. The molecule has 0 radical (unpaired) electrons. The van der Waals surface area contributed by atoms with Gasteiger partial charge in [0.25, 0.3) is 0 Å². The molecular weight excluding hydrogens is 338 g/mol. The van der Waals surface area contributed by atoms with Crippen LogP contribution in [0, 0.1) is 11.6 Å². The van der Waals surface area contributed by atoms with Crippen molar-refractivity contribution in [1.82, 2.24) is 0 Å². The summed E-state index contributed by atoms with van der Waals surface area (Å²) in [6, 6.07) is 10.1. The second-order valence-corrected chi connectivity index (χ2v) is 7.85. The maximum atomic E-state index is 14.1. The Kier molecular flexibility index (Phi) is 4.04. The molecule has 0 aliphatic rings. The van der Waals surface area contributed by atoms with E-state index >= 15 is 0 Å². The molecule has 0 atom stereocenters. The van der Waals surface area contributed by atoms with Gasteiger partial charge in [-0.2, -0.15) is 11.3 Å². The highest BCUT2D eigenvalue weighted by atomic mass is 32.2. The Hall–Kier alpha value is -2.05. The molecule has 0 fully saturated rings. The number of sulfone groups is 1. The zero-order chi connectivity index (χ0) is 16.6. The van der Waals surface area contributed by atoms with Crippen LogP contribution >= 0.6 is 11.3 Å². The van der Waals surface area contributed by atoms with Gasteiger partial charge in [0.2, 0.25) is 0 Å². The van der Waals surface area contributed by atoms with E-state index in [-0.39, 0.29) is 10.7 Å². The Morgan fingerprint density at radius 1 is 0.870 bits per heavy atom. The van der Waals surface area contributed by atoms with Gasteiger partial charge in [-0.1, -0.05) is 18.2 Å². The Balaban J connectivity index is 2.09. The van der Waals surface area contributed by atoms with Crippen LogP contribution in [0.4, 0.5) is 8.78 Å². The summed E-state index contributed by atoms with van der Waals surface area (Å²) < 4.78 is 50.2. The molecule has 1 heterocycles. The largest absolute Gasteiger partial charge is 0.224 e.